The van der Waals surface area contributed by atoms with E-state index in [4.69, 9.17) is 0 Å². The summed E-state index contributed by atoms with van der Waals surface area (Å²) in [5, 5.41) is 9.46. The van der Waals surface area contributed by atoms with Gasteiger partial charge in [0.15, 0.2) is 0 Å². The lowest BCUT2D eigenvalue weighted by atomic mass is 10.1. The minimum absolute atomic E-state index is 0.0466. The molecule has 0 saturated carbocycles. The zero-order valence-corrected chi connectivity index (χ0v) is 8.45. The van der Waals surface area contributed by atoms with Crippen LogP contribution in [0.25, 0.3) is 0 Å². The van der Waals surface area contributed by atoms with Gasteiger partial charge in [-0.1, -0.05) is 0 Å². The third-order valence-electron chi connectivity index (χ3n) is 2.42. The summed E-state index contributed by atoms with van der Waals surface area (Å²) in [5.41, 5.74) is 0. The summed E-state index contributed by atoms with van der Waals surface area (Å²) in [6, 6.07) is 0. The highest BCUT2D eigenvalue weighted by atomic mass is 32.2. The first-order valence-corrected chi connectivity index (χ1v) is 5.13. The molecule has 0 unspecified atom stereocenters. The molecule has 2 aliphatic heterocycles. The van der Waals surface area contributed by atoms with Gasteiger partial charge in [0.1, 0.15) is 6.61 Å². The molecule has 0 aliphatic carbocycles. The molecule has 78 valence electrons. The molecule has 2 heterocycles. The molecule has 6 nitrogen and oxygen atoms in total. The predicted octanol–water partition coefficient (Wildman–Crippen LogP) is 0.259. The third kappa shape index (κ3) is 1.52. The summed E-state index contributed by atoms with van der Waals surface area (Å²) in [4.78, 5) is 27.2. The van der Waals surface area contributed by atoms with E-state index >= 15 is 0 Å². The van der Waals surface area contributed by atoms with Crippen molar-refractivity contribution in [3.05, 3.63) is 10.1 Å². The Labute approximate surface area is 84.7 Å². The molecule has 0 N–H and O–H groups in total. The second-order valence-corrected chi connectivity index (χ2v) is 5.51. The standard InChI is InChI=1S/C7H10N2O4S/c1-7(4-13-9(11)12)3-8-5(10)2-6(8)14-7/h6H,2-4H2,1H3/t6-,7-/m1/s1. The maximum Gasteiger partial charge on any atom is 0.294 e. The molecule has 14 heavy (non-hydrogen) atoms. The highest BCUT2D eigenvalue weighted by molar-refractivity contribution is 8.01. The van der Waals surface area contributed by atoms with Crippen LogP contribution >= 0.6 is 11.8 Å². The number of amides is 1. The lowest BCUT2D eigenvalue weighted by Gasteiger charge is -2.32. The van der Waals surface area contributed by atoms with Crippen molar-refractivity contribution in [1.29, 1.82) is 0 Å². The van der Waals surface area contributed by atoms with Crippen LogP contribution in [0.2, 0.25) is 0 Å². The molecule has 2 fully saturated rings. The van der Waals surface area contributed by atoms with Gasteiger partial charge < -0.3 is 9.74 Å². The van der Waals surface area contributed by atoms with Gasteiger partial charge in [0.2, 0.25) is 5.91 Å². The molecule has 7 heteroatoms. The van der Waals surface area contributed by atoms with E-state index in [-0.39, 0.29) is 22.6 Å². The Morgan fingerprint density at radius 3 is 3.07 bits per heavy atom. The van der Waals surface area contributed by atoms with E-state index in [1.807, 2.05) is 6.92 Å². The van der Waals surface area contributed by atoms with E-state index in [1.165, 1.54) is 0 Å². The van der Waals surface area contributed by atoms with Gasteiger partial charge in [-0.05, 0) is 6.92 Å². The van der Waals surface area contributed by atoms with Crippen molar-refractivity contribution in [2.24, 2.45) is 0 Å². The minimum atomic E-state index is -0.789. The average molecular weight is 218 g/mol. The maximum absolute atomic E-state index is 11.1. The topological polar surface area (TPSA) is 72.7 Å². The Bertz CT molecular complexity index is 297. The van der Waals surface area contributed by atoms with Crippen LogP contribution in [0.15, 0.2) is 0 Å². The Morgan fingerprint density at radius 1 is 1.86 bits per heavy atom. The monoisotopic (exact) mass is 218 g/mol. The fraction of sp³-hybridized carbons (Fsp3) is 0.857. The SMILES string of the molecule is C[C@]1(CO[N+](=O)[O-])CN2C(=O)C[C@H]2S1. The second kappa shape index (κ2) is 3.01. The Kier molecular flexibility index (Phi) is 2.06. The highest BCUT2D eigenvalue weighted by Gasteiger charge is 2.50. The van der Waals surface area contributed by atoms with Crippen LogP contribution in [0.4, 0.5) is 0 Å². The second-order valence-electron chi connectivity index (χ2n) is 3.75. The first-order chi connectivity index (χ1) is 6.50. The number of nitrogens with zero attached hydrogens (tertiary/aromatic N) is 2. The number of hydrogen-bond donors (Lipinski definition) is 0. The van der Waals surface area contributed by atoms with E-state index < -0.39 is 5.09 Å². The van der Waals surface area contributed by atoms with Crippen LogP contribution in [0, 0.1) is 10.1 Å². The summed E-state index contributed by atoms with van der Waals surface area (Å²) in [6.07, 6.45) is 0.554. The molecule has 1 amide bonds. The van der Waals surface area contributed by atoms with Crippen molar-refractivity contribution in [3.63, 3.8) is 0 Å². The molecule has 2 atom stereocenters. The number of fused-ring (bicyclic) bond motifs is 1. The highest BCUT2D eigenvalue weighted by Crippen LogP contribution is 2.46. The van der Waals surface area contributed by atoms with Crippen LogP contribution in [0.5, 0.6) is 0 Å². The van der Waals surface area contributed by atoms with Crippen LogP contribution in [-0.2, 0) is 9.63 Å². The summed E-state index contributed by atoms with van der Waals surface area (Å²) in [6.45, 7) is 2.48. The molecular formula is C7H10N2O4S. The van der Waals surface area contributed by atoms with Gasteiger partial charge in [0.25, 0.3) is 5.09 Å². The van der Waals surface area contributed by atoms with Crippen LogP contribution in [0.3, 0.4) is 0 Å². The summed E-state index contributed by atoms with van der Waals surface area (Å²) in [7, 11) is 0. The van der Waals surface area contributed by atoms with Crippen molar-refractivity contribution in [2.45, 2.75) is 23.5 Å². The fourth-order valence-corrected chi connectivity index (χ4v) is 3.25. The van der Waals surface area contributed by atoms with Crippen LogP contribution in [0.1, 0.15) is 13.3 Å². The Morgan fingerprint density at radius 2 is 2.57 bits per heavy atom. The minimum Gasteiger partial charge on any atom is -0.329 e. The number of carbonyl (C=O) groups is 1. The van der Waals surface area contributed by atoms with E-state index in [0.717, 1.165) is 0 Å². The van der Waals surface area contributed by atoms with Gasteiger partial charge in [0.05, 0.1) is 16.5 Å². The zero-order valence-electron chi connectivity index (χ0n) is 7.63. The average Bonchev–Trinajstić information content (AvgIpc) is 2.37. The van der Waals surface area contributed by atoms with Crippen molar-refractivity contribution in [1.82, 2.24) is 4.90 Å². The van der Waals surface area contributed by atoms with E-state index in [2.05, 4.69) is 4.84 Å². The lowest BCUT2D eigenvalue weighted by Crippen LogP contribution is -2.48. The normalized spacial score (nSPS) is 35.1. The molecule has 0 aromatic carbocycles. The van der Waals surface area contributed by atoms with Crippen molar-refractivity contribution < 1.29 is 14.7 Å². The first kappa shape index (κ1) is 9.57. The Hall–Kier alpha value is -0.980. The molecule has 0 bridgehead atoms. The summed E-state index contributed by atoms with van der Waals surface area (Å²) < 4.78 is -0.329. The van der Waals surface area contributed by atoms with E-state index in [9.17, 15) is 14.9 Å². The number of β-lactam (4-membered cyclic amide) rings is 1. The number of thioether (sulfide) groups is 1. The molecule has 0 aromatic rings. The number of carbonyl (C=O) groups excluding carboxylic acids is 1. The van der Waals surface area contributed by atoms with Gasteiger partial charge in [0, 0.05) is 6.54 Å². The predicted molar refractivity (Wildman–Crippen MR) is 49.1 cm³/mol. The van der Waals surface area contributed by atoms with Crippen LogP contribution < -0.4 is 0 Å². The van der Waals surface area contributed by atoms with Crippen LogP contribution in [-0.4, -0.2) is 39.2 Å². The molecule has 2 saturated heterocycles. The zero-order chi connectivity index (χ0) is 10.3. The van der Waals surface area contributed by atoms with Gasteiger partial charge in [-0.2, -0.15) is 0 Å². The van der Waals surface area contributed by atoms with Crippen molar-refractivity contribution in [2.75, 3.05) is 13.2 Å². The maximum atomic E-state index is 11.1. The van der Waals surface area contributed by atoms with Gasteiger partial charge in [-0.15, -0.1) is 21.9 Å². The van der Waals surface area contributed by atoms with Crippen molar-refractivity contribution in [3.8, 4) is 0 Å². The Balaban J connectivity index is 1.92. The molecule has 2 rings (SSSR count). The third-order valence-corrected chi connectivity index (χ3v) is 3.93. The van der Waals surface area contributed by atoms with Gasteiger partial charge >= 0.3 is 0 Å². The van der Waals surface area contributed by atoms with E-state index in [1.54, 1.807) is 16.7 Å². The molecular weight excluding hydrogens is 208 g/mol. The molecule has 0 aromatic heterocycles. The molecule has 2 aliphatic rings. The summed E-state index contributed by atoms with van der Waals surface area (Å²) in [5.74, 6) is 0.132. The van der Waals surface area contributed by atoms with Gasteiger partial charge in [-0.3, -0.25) is 4.79 Å². The first-order valence-electron chi connectivity index (χ1n) is 4.25. The summed E-state index contributed by atoms with van der Waals surface area (Å²) >= 11 is 1.58. The quantitative estimate of drug-likeness (QED) is 0.386. The number of hydrogen-bond acceptors (Lipinski definition) is 5. The largest absolute Gasteiger partial charge is 0.329 e. The fourth-order valence-electron chi connectivity index (χ4n) is 1.72. The van der Waals surface area contributed by atoms with Gasteiger partial charge in [-0.25, -0.2) is 0 Å². The smallest absolute Gasteiger partial charge is 0.294 e. The van der Waals surface area contributed by atoms with Crippen molar-refractivity contribution >= 4 is 17.7 Å². The molecule has 0 radical (unpaired) electrons. The molecule has 0 spiro atoms. The number of rotatable bonds is 3. The lowest BCUT2D eigenvalue weighted by molar-refractivity contribution is -0.758. The van der Waals surface area contributed by atoms with E-state index in [0.29, 0.717) is 13.0 Å².